The topological polar surface area (TPSA) is 49.3 Å². The number of nitrogens with one attached hydrogen (secondary N) is 1. The Bertz CT molecular complexity index is 455. The number of carbonyl (C=O) groups is 1. The first-order chi connectivity index (χ1) is 8.69. The van der Waals surface area contributed by atoms with Gasteiger partial charge in [-0.2, -0.15) is 0 Å². The summed E-state index contributed by atoms with van der Waals surface area (Å²) in [4.78, 5) is 11.7. The minimum Gasteiger partial charge on any atom is -0.387 e. The largest absolute Gasteiger partial charge is 0.387 e. The Morgan fingerprint density at radius 1 is 1.37 bits per heavy atom. The molecule has 0 aromatic heterocycles. The van der Waals surface area contributed by atoms with Crippen LogP contribution in [0.4, 0.5) is 0 Å². The Morgan fingerprint density at radius 3 is 2.53 bits per heavy atom. The van der Waals surface area contributed by atoms with Gasteiger partial charge in [0.05, 0.1) is 6.10 Å². The summed E-state index contributed by atoms with van der Waals surface area (Å²) in [7, 11) is 0. The fourth-order valence-electron chi connectivity index (χ4n) is 1.64. The van der Waals surface area contributed by atoms with Crippen LogP contribution in [0.15, 0.2) is 18.2 Å². The summed E-state index contributed by atoms with van der Waals surface area (Å²) in [5.41, 5.74) is 0.481. The van der Waals surface area contributed by atoms with E-state index >= 15 is 0 Å². The summed E-state index contributed by atoms with van der Waals surface area (Å²) in [6, 6.07) is 4.88. The van der Waals surface area contributed by atoms with Crippen LogP contribution in [0.2, 0.25) is 10.0 Å². The van der Waals surface area contributed by atoms with Crippen molar-refractivity contribution in [2.75, 3.05) is 6.54 Å². The number of carbonyl (C=O) groups excluding carboxylic acids is 1. The normalized spacial score (nSPS) is 13.2. The third-order valence-electron chi connectivity index (χ3n) is 2.50. The molecule has 0 heterocycles. The number of benzene rings is 1. The molecule has 5 heteroatoms. The second-order valence-electron chi connectivity index (χ2n) is 5.72. The molecule has 0 bridgehead atoms. The lowest BCUT2D eigenvalue weighted by molar-refractivity contribution is -0.123. The first-order valence-corrected chi connectivity index (χ1v) is 6.84. The van der Waals surface area contributed by atoms with Crippen molar-refractivity contribution < 1.29 is 9.90 Å². The van der Waals surface area contributed by atoms with Crippen LogP contribution in [0.5, 0.6) is 0 Å². The highest BCUT2D eigenvalue weighted by atomic mass is 35.5. The molecule has 1 unspecified atom stereocenters. The van der Waals surface area contributed by atoms with E-state index in [4.69, 9.17) is 23.2 Å². The van der Waals surface area contributed by atoms with Crippen molar-refractivity contribution in [3.05, 3.63) is 33.8 Å². The number of amides is 1. The van der Waals surface area contributed by atoms with Gasteiger partial charge in [-0.05, 0) is 17.5 Å². The van der Waals surface area contributed by atoms with Gasteiger partial charge in [-0.3, -0.25) is 4.79 Å². The maximum Gasteiger partial charge on any atom is 0.220 e. The van der Waals surface area contributed by atoms with Crippen molar-refractivity contribution in [1.82, 2.24) is 5.32 Å². The number of hydrogen-bond donors (Lipinski definition) is 2. The highest BCUT2D eigenvalue weighted by Crippen LogP contribution is 2.26. The predicted octanol–water partition coefficient (Wildman–Crippen LogP) is 3.58. The number of rotatable bonds is 4. The highest BCUT2D eigenvalue weighted by Gasteiger charge is 2.17. The number of aliphatic hydroxyl groups excluding tert-OH is 1. The summed E-state index contributed by atoms with van der Waals surface area (Å²) in [6.45, 7) is 6.09. The first kappa shape index (κ1) is 16.3. The van der Waals surface area contributed by atoms with Crippen LogP contribution in [0.25, 0.3) is 0 Å². The van der Waals surface area contributed by atoms with Crippen LogP contribution in [0, 0.1) is 5.41 Å². The first-order valence-electron chi connectivity index (χ1n) is 6.09. The van der Waals surface area contributed by atoms with Crippen molar-refractivity contribution in [3.63, 3.8) is 0 Å². The van der Waals surface area contributed by atoms with Crippen molar-refractivity contribution in [2.24, 2.45) is 5.41 Å². The molecule has 0 saturated carbocycles. The van der Waals surface area contributed by atoms with Crippen molar-refractivity contribution in [1.29, 1.82) is 0 Å². The van der Waals surface area contributed by atoms with Gasteiger partial charge in [0.15, 0.2) is 0 Å². The van der Waals surface area contributed by atoms with Crippen LogP contribution >= 0.6 is 23.2 Å². The van der Waals surface area contributed by atoms with E-state index in [2.05, 4.69) is 5.32 Å². The van der Waals surface area contributed by atoms with Gasteiger partial charge in [0.25, 0.3) is 0 Å². The van der Waals surface area contributed by atoms with E-state index < -0.39 is 6.10 Å². The molecule has 1 aromatic carbocycles. The van der Waals surface area contributed by atoms with Gasteiger partial charge in [0.2, 0.25) is 5.91 Å². The molecule has 1 atom stereocenters. The minimum atomic E-state index is -0.839. The minimum absolute atomic E-state index is 0.0764. The van der Waals surface area contributed by atoms with Gasteiger partial charge in [-0.25, -0.2) is 0 Å². The van der Waals surface area contributed by atoms with Crippen molar-refractivity contribution in [2.45, 2.75) is 33.3 Å². The molecule has 1 amide bonds. The lowest BCUT2D eigenvalue weighted by Crippen LogP contribution is -2.31. The number of hydrogen-bond acceptors (Lipinski definition) is 2. The number of aliphatic hydroxyl groups is 1. The predicted molar refractivity (Wildman–Crippen MR) is 78.5 cm³/mol. The maximum atomic E-state index is 11.7. The highest BCUT2D eigenvalue weighted by molar-refractivity contribution is 6.35. The van der Waals surface area contributed by atoms with Crippen LogP contribution in [0.3, 0.4) is 0 Å². The third kappa shape index (κ3) is 5.81. The standard InChI is InChI=1S/C14H19Cl2NO2/c1-14(2,3)7-13(19)17-8-12(18)10-5-4-9(15)6-11(10)16/h4-6,12,18H,7-8H2,1-3H3,(H,17,19). The quantitative estimate of drug-likeness (QED) is 0.893. The molecule has 0 saturated heterocycles. The molecule has 2 N–H and O–H groups in total. The van der Waals surface area contributed by atoms with E-state index in [0.29, 0.717) is 22.0 Å². The van der Waals surface area contributed by atoms with Gasteiger partial charge in [0, 0.05) is 28.6 Å². The zero-order valence-electron chi connectivity index (χ0n) is 11.3. The zero-order valence-corrected chi connectivity index (χ0v) is 12.8. The van der Waals surface area contributed by atoms with Gasteiger partial charge < -0.3 is 10.4 Å². The molecule has 0 aliphatic carbocycles. The second kappa shape index (κ2) is 6.60. The lowest BCUT2D eigenvalue weighted by atomic mass is 9.92. The van der Waals surface area contributed by atoms with E-state index in [1.807, 2.05) is 20.8 Å². The molecule has 0 aliphatic rings. The average molecular weight is 304 g/mol. The second-order valence-corrected chi connectivity index (χ2v) is 6.57. The van der Waals surface area contributed by atoms with Crippen LogP contribution in [0.1, 0.15) is 38.9 Å². The van der Waals surface area contributed by atoms with E-state index in [9.17, 15) is 9.90 Å². The monoisotopic (exact) mass is 303 g/mol. The van der Waals surface area contributed by atoms with Gasteiger partial charge in [-0.15, -0.1) is 0 Å². The molecule has 0 fully saturated rings. The summed E-state index contributed by atoms with van der Waals surface area (Å²) in [5.74, 6) is -0.0864. The van der Waals surface area contributed by atoms with Crippen molar-refractivity contribution >= 4 is 29.1 Å². The summed E-state index contributed by atoms with van der Waals surface area (Å²) in [6.07, 6.45) is -0.428. The molecular formula is C14H19Cl2NO2. The molecule has 3 nitrogen and oxygen atoms in total. The Labute approximate surface area is 123 Å². The average Bonchev–Trinajstić information content (AvgIpc) is 2.23. The Balaban J connectivity index is 2.56. The zero-order chi connectivity index (χ0) is 14.6. The molecule has 1 rings (SSSR count). The van der Waals surface area contributed by atoms with Crippen LogP contribution in [-0.2, 0) is 4.79 Å². The van der Waals surface area contributed by atoms with E-state index in [1.165, 1.54) is 0 Å². The molecule has 106 valence electrons. The lowest BCUT2D eigenvalue weighted by Gasteiger charge is -2.19. The van der Waals surface area contributed by atoms with E-state index in [-0.39, 0.29) is 17.9 Å². The summed E-state index contributed by atoms with van der Waals surface area (Å²) in [5, 5.41) is 13.6. The van der Waals surface area contributed by atoms with Gasteiger partial charge >= 0.3 is 0 Å². The van der Waals surface area contributed by atoms with Gasteiger partial charge in [0.1, 0.15) is 0 Å². The van der Waals surface area contributed by atoms with Crippen LogP contribution in [-0.4, -0.2) is 17.6 Å². The number of halogens is 2. The summed E-state index contributed by atoms with van der Waals surface area (Å²) >= 11 is 11.8. The summed E-state index contributed by atoms with van der Waals surface area (Å²) < 4.78 is 0. The molecule has 19 heavy (non-hydrogen) atoms. The van der Waals surface area contributed by atoms with E-state index in [1.54, 1.807) is 18.2 Å². The Morgan fingerprint density at radius 2 is 2.00 bits per heavy atom. The molecule has 0 radical (unpaired) electrons. The Kier molecular flexibility index (Phi) is 5.65. The fraction of sp³-hybridized carbons (Fsp3) is 0.500. The van der Waals surface area contributed by atoms with Crippen LogP contribution < -0.4 is 5.32 Å². The fourth-order valence-corrected chi connectivity index (χ4v) is 2.17. The SMILES string of the molecule is CC(C)(C)CC(=O)NCC(O)c1ccc(Cl)cc1Cl. The molecular weight excluding hydrogens is 285 g/mol. The molecule has 0 spiro atoms. The maximum absolute atomic E-state index is 11.7. The molecule has 0 aliphatic heterocycles. The third-order valence-corrected chi connectivity index (χ3v) is 3.07. The smallest absolute Gasteiger partial charge is 0.220 e. The van der Waals surface area contributed by atoms with Crippen molar-refractivity contribution in [3.8, 4) is 0 Å². The molecule has 1 aromatic rings. The Hall–Kier alpha value is -0.770. The van der Waals surface area contributed by atoms with E-state index in [0.717, 1.165) is 0 Å². The van der Waals surface area contributed by atoms with Gasteiger partial charge in [-0.1, -0.05) is 50.0 Å².